The van der Waals surface area contributed by atoms with Crippen LogP contribution in [0.25, 0.3) is 0 Å². The van der Waals surface area contributed by atoms with E-state index in [1.165, 1.54) is 4.88 Å². The van der Waals surface area contributed by atoms with Crippen LogP contribution in [0.3, 0.4) is 0 Å². The van der Waals surface area contributed by atoms with Crippen molar-refractivity contribution in [2.75, 3.05) is 6.61 Å². The Bertz CT molecular complexity index is 237. The lowest BCUT2D eigenvalue weighted by Crippen LogP contribution is -2.28. The van der Waals surface area contributed by atoms with Crippen LogP contribution in [0.4, 0.5) is 0 Å². The Balaban J connectivity index is 2.38. The predicted molar refractivity (Wildman–Crippen MR) is 50.2 cm³/mol. The molecule has 0 amide bonds. The van der Waals surface area contributed by atoms with Gasteiger partial charge >= 0.3 is 0 Å². The highest BCUT2D eigenvalue weighted by Crippen LogP contribution is 2.11. The van der Waals surface area contributed by atoms with Gasteiger partial charge in [-0.05, 0) is 13.8 Å². The van der Waals surface area contributed by atoms with Crippen LogP contribution in [0.15, 0.2) is 5.51 Å². The van der Waals surface area contributed by atoms with Crippen LogP contribution in [0.1, 0.15) is 17.5 Å². The van der Waals surface area contributed by atoms with Crippen LogP contribution in [-0.4, -0.2) is 22.7 Å². The lowest BCUT2D eigenvalue weighted by Gasteiger charge is -2.08. The zero-order chi connectivity index (χ0) is 8.97. The number of nitrogens with one attached hydrogen (secondary N) is 1. The first-order chi connectivity index (χ1) is 5.74. The second kappa shape index (κ2) is 4.54. The molecule has 0 aliphatic rings. The summed E-state index contributed by atoms with van der Waals surface area (Å²) in [6.07, 6.45) is 0. The number of hydrogen-bond acceptors (Lipinski definition) is 4. The Labute approximate surface area is 76.5 Å². The number of hydrogen-bond donors (Lipinski definition) is 2. The van der Waals surface area contributed by atoms with E-state index >= 15 is 0 Å². The van der Waals surface area contributed by atoms with Crippen molar-refractivity contribution in [3.8, 4) is 0 Å². The molecule has 1 atom stereocenters. The summed E-state index contributed by atoms with van der Waals surface area (Å²) >= 11 is 1.65. The van der Waals surface area contributed by atoms with Gasteiger partial charge in [0.25, 0.3) is 0 Å². The van der Waals surface area contributed by atoms with Gasteiger partial charge in [0.1, 0.15) is 0 Å². The van der Waals surface area contributed by atoms with Crippen molar-refractivity contribution in [1.82, 2.24) is 10.3 Å². The van der Waals surface area contributed by atoms with Crippen LogP contribution in [-0.2, 0) is 6.54 Å². The summed E-state index contributed by atoms with van der Waals surface area (Å²) in [5, 5.41) is 12.0. The highest BCUT2D eigenvalue weighted by atomic mass is 32.1. The van der Waals surface area contributed by atoms with E-state index in [9.17, 15) is 0 Å². The second-order valence-corrected chi connectivity index (χ2v) is 3.76. The molecule has 0 fully saturated rings. The molecule has 0 saturated carbocycles. The van der Waals surface area contributed by atoms with Gasteiger partial charge in [-0.3, -0.25) is 0 Å². The first-order valence-corrected chi connectivity index (χ1v) is 4.85. The maximum absolute atomic E-state index is 8.76. The Hall–Kier alpha value is -0.450. The van der Waals surface area contributed by atoms with Gasteiger partial charge in [0.05, 0.1) is 17.8 Å². The zero-order valence-electron chi connectivity index (χ0n) is 7.37. The molecule has 1 aromatic rings. The Kier molecular flexibility index (Phi) is 3.65. The highest BCUT2D eigenvalue weighted by Gasteiger charge is 2.02. The third-order valence-corrected chi connectivity index (χ3v) is 2.66. The molecule has 0 spiro atoms. The largest absolute Gasteiger partial charge is 0.395 e. The normalized spacial score (nSPS) is 13.2. The van der Waals surface area contributed by atoms with E-state index in [-0.39, 0.29) is 12.6 Å². The predicted octanol–water partition coefficient (Wildman–Crippen LogP) is 0.922. The van der Waals surface area contributed by atoms with Crippen molar-refractivity contribution in [2.45, 2.75) is 26.4 Å². The van der Waals surface area contributed by atoms with E-state index in [4.69, 9.17) is 5.11 Å². The lowest BCUT2D eigenvalue weighted by molar-refractivity contribution is 0.251. The van der Waals surface area contributed by atoms with Crippen LogP contribution in [0.5, 0.6) is 0 Å². The second-order valence-electron chi connectivity index (χ2n) is 2.83. The molecule has 1 aromatic heterocycles. The molecule has 68 valence electrons. The third-order valence-electron chi connectivity index (χ3n) is 1.73. The number of aromatic nitrogens is 1. The van der Waals surface area contributed by atoms with E-state index in [1.807, 2.05) is 19.4 Å². The van der Waals surface area contributed by atoms with E-state index in [1.54, 1.807) is 11.3 Å². The topological polar surface area (TPSA) is 45.2 Å². The molecule has 1 heterocycles. The van der Waals surface area contributed by atoms with Crippen molar-refractivity contribution in [3.63, 3.8) is 0 Å². The quantitative estimate of drug-likeness (QED) is 0.735. The fourth-order valence-corrected chi connectivity index (χ4v) is 1.56. The van der Waals surface area contributed by atoms with Gasteiger partial charge in [0.15, 0.2) is 0 Å². The molecule has 0 saturated heterocycles. The minimum atomic E-state index is 0.159. The number of aliphatic hydroxyl groups excluding tert-OH is 1. The van der Waals surface area contributed by atoms with E-state index in [0.717, 1.165) is 12.2 Å². The summed E-state index contributed by atoms with van der Waals surface area (Å²) < 4.78 is 0. The van der Waals surface area contributed by atoms with Crippen LogP contribution < -0.4 is 5.32 Å². The molecule has 2 N–H and O–H groups in total. The van der Waals surface area contributed by atoms with Gasteiger partial charge < -0.3 is 10.4 Å². The average molecular weight is 186 g/mol. The van der Waals surface area contributed by atoms with Crippen molar-refractivity contribution in [1.29, 1.82) is 0 Å². The van der Waals surface area contributed by atoms with E-state index in [0.29, 0.717) is 0 Å². The Morgan fingerprint density at radius 1 is 1.75 bits per heavy atom. The first kappa shape index (κ1) is 9.64. The number of nitrogens with zero attached hydrogens (tertiary/aromatic N) is 1. The Morgan fingerprint density at radius 3 is 3.00 bits per heavy atom. The van der Waals surface area contributed by atoms with Crippen LogP contribution in [0.2, 0.25) is 0 Å². The maximum Gasteiger partial charge on any atom is 0.0798 e. The van der Waals surface area contributed by atoms with Gasteiger partial charge in [-0.15, -0.1) is 11.3 Å². The number of aryl methyl sites for hydroxylation is 1. The lowest BCUT2D eigenvalue weighted by atomic mass is 10.3. The number of thiazole rings is 1. The summed E-state index contributed by atoms with van der Waals surface area (Å²) in [7, 11) is 0. The van der Waals surface area contributed by atoms with Gasteiger partial charge in [-0.2, -0.15) is 0 Å². The molecule has 0 bridgehead atoms. The first-order valence-electron chi connectivity index (χ1n) is 3.97. The molecule has 12 heavy (non-hydrogen) atoms. The molecular weight excluding hydrogens is 172 g/mol. The monoisotopic (exact) mass is 186 g/mol. The van der Waals surface area contributed by atoms with Gasteiger partial charge in [-0.1, -0.05) is 0 Å². The zero-order valence-corrected chi connectivity index (χ0v) is 8.19. The average Bonchev–Trinajstić information content (AvgIpc) is 2.47. The fraction of sp³-hybridized carbons (Fsp3) is 0.625. The molecule has 0 radical (unpaired) electrons. The summed E-state index contributed by atoms with van der Waals surface area (Å²) in [6.45, 7) is 4.93. The van der Waals surface area contributed by atoms with E-state index in [2.05, 4.69) is 10.3 Å². The van der Waals surface area contributed by atoms with Gasteiger partial charge in [0.2, 0.25) is 0 Å². The summed E-state index contributed by atoms with van der Waals surface area (Å²) in [5.74, 6) is 0. The van der Waals surface area contributed by atoms with Crippen molar-refractivity contribution < 1.29 is 5.11 Å². The molecular formula is C8H14N2OS. The van der Waals surface area contributed by atoms with Crippen molar-refractivity contribution in [3.05, 3.63) is 16.1 Å². The molecule has 1 rings (SSSR count). The number of aliphatic hydroxyl groups is 1. The smallest absolute Gasteiger partial charge is 0.0798 e. The van der Waals surface area contributed by atoms with Crippen molar-refractivity contribution in [2.24, 2.45) is 0 Å². The van der Waals surface area contributed by atoms with Crippen LogP contribution in [0, 0.1) is 6.92 Å². The van der Waals surface area contributed by atoms with Crippen molar-refractivity contribution >= 4 is 11.3 Å². The molecule has 3 nitrogen and oxygen atoms in total. The summed E-state index contributed by atoms with van der Waals surface area (Å²) in [5.41, 5.74) is 2.92. The Morgan fingerprint density at radius 2 is 2.50 bits per heavy atom. The molecule has 4 heteroatoms. The number of rotatable bonds is 4. The summed E-state index contributed by atoms with van der Waals surface area (Å²) in [6, 6.07) is 0.159. The minimum Gasteiger partial charge on any atom is -0.395 e. The molecule has 0 aromatic carbocycles. The van der Waals surface area contributed by atoms with E-state index < -0.39 is 0 Å². The third kappa shape index (κ3) is 2.55. The minimum absolute atomic E-state index is 0.159. The molecule has 0 aliphatic carbocycles. The standard InChI is InChI=1S/C8H14N2OS/c1-6(4-11)9-3-8-7(2)10-5-12-8/h5-6,9,11H,3-4H2,1-2H3/t6-/m0/s1. The van der Waals surface area contributed by atoms with Crippen LogP contribution >= 0.6 is 11.3 Å². The molecule has 0 unspecified atom stereocenters. The molecule has 0 aliphatic heterocycles. The fourth-order valence-electron chi connectivity index (χ4n) is 0.827. The highest BCUT2D eigenvalue weighted by molar-refractivity contribution is 7.09. The maximum atomic E-state index is 8.76. The summed E-state index contributed by atoms with van der Waals surface area (Å²) in [4.78, 5) is 5.38. The van der Waals surface area contributed by atoms with Gasteiger partial charge in [-0.25, -0.2) is 4.98 Å². The SMILES string of the molecule is Cc1ncsc1CN[C@@H](C)CO. The van der Waals surface area contributed by atoms with Gasteiger partial charge in [0, 0.05) is 17.5 Å².